The fourth-order valence-corrected chi connectivity index (χ4v) is 4.82. The highest BCUT2D eigenvalue weighted by atomic mass is 32.2. The Morgan fingerprint density at radius 3 is 2.32 bits per heavy atom. The molecule has 0 saturated heterocycles. The van der Waals surface area contributed by atoms with Gasteiger partial charge in [0.2, 0.25) is 5.91 Å². The van der Waals surface area contributed by atoms with Crippen LogP contribution < -0.4 is 10.0 Å². The van der Waals surface area contributed by atoms with Crippen molar-refractivity contribution in [3.63, 3.8) is 0 Å². The monoisotopic (exact) mass is 418 g/mol. The maximum Gasteiger partial charge on any atom is 0.250 e. The summed E-state index contributed by atoms with van der Waals surface area (Å²) >= 11 is 1.08. The van der Waals surface area contributed by atoms with Crippen molar-refractivity contribution < 1.29 is 17.6 Å². The van der Waals surface area contributed by atoms with Crippen molar-refractivity contribution in [1.29, 1.82) is 0 Å². The average Bonchev–Trinajstić information content (AvgIpc) is 3.23. The van der Waals surface area contributed by atoms with Crippen LogP contribution in [-0.4, -0.2) is 20.4 Å². The van der Waals surface area contributed by atoms with E-state index in [1.807, 2.05) is 30.3 Å². The van der Waals surface area contributed by atoms with Crippen molar-refractivity contribution in [2.75, 3.05) is 0 Å². The van der Waals surface area contributed by atoms with E-state index in [0.29, 0.717) is 5.56 Å². The van der Waals surface area contributed by atoms with Gasteiger partial charge in [-0.2, -0.15) is 4.72 Å². The maximum absolute atomic E-state index is 13.0. The van der Waals surface area contributed by atoms with Gasteiger partial charge in [-0.15, -0.1) is 11.3 Å². The number of hydrogen-bond donors (Lipinski definition) is 2. The van der Waals surface area contributed by atoms with Crippen LogP contribution in [0.4, 0.5) is 4.39 Å². The third kappa shape index (κ3) is 5.48. The smallest absolute Gasteiger partial charge is 0.250 e. The van der Waals surface area contributed by atoms with Gasteiger partial charge in [-0.3, -0.25) is 4.79 Å². The Morgan fingerprint density at radius 1 is 0.964 bits per heavy atom. The number of carbonyl (C=O) groups excluding carboxylic acids is 1. The SMILES string of the molecule is O=C(NCc1ccc(F)cc1)[C@@H](Cc1ccccc1)NS(=O)(=O)c1cccs1. The van der Waals surface area contributed by atoms with Crippen LogP contribution >= 0.6 is 11.3 Å². The van der Waals surface area contributed by atoms with Gasteiger partial charge >= 0.3 is 0 Å². The minimum absolute atomic E-state index is 0.150. The topological polar surface area (TPSA) is 75.3 Å². The summed E-state index contributed by atoms with van der Waals surface area (Å²) in [4.78, 5) is 12.7. The number of amides is 1. The van der Waals surface area contributed by atoms with Crippen LogP contribution in [0.2, 0.25) is 0 Å². The van der Waals surface area contributed by atoms with E-state index in [9.17, 15) is 17.6 Å². The summed E-state index contributed by atoms with van der Waals surface area (Å²) in [7, 11) is -3.81. The second-order valence-electron chi connectivity index (χ2n) is 6.14. The van der Waals surface area contributed by atoms with Crippen LogP contribution in [0.1, 0.15) is 11.1 Å². The molecule has 0 bridgehead atoms. The first kappa shape index (κ1) is 20.2. The Bertz CT molecular complexity index is 1010. The quantitative estimate of drug-likeness (QED) is 0.590. The Balaban J connectivity index is 1.74. The summed E-state index contributed by atoms with van der Waals surface area (Å²) in [5, 5.41) is 4.38. The summed E-state index contributed by atoms with van der Waals surface area (Å²) in [6, 6.07) is 17.1. The Kier molecular flexibility index (Phi) is 6.56. The molecule has 3 rings (SSSR count). The molecule has 2 N–H and O–H groups in total. The first-order valence-corrected chi connectivity index (χ1v) is 10.9. The van der Waals surface area contributed by atoms with Crippen LogP contribution in [0.3, 0.4) is 0 Å². The third-order valence-corrected chi connectivity index (χ3v) is 6.91. The van der Waals surface area contributed by atoms with Crippen molar-refractivity contribution in [2.45, 2.75) is 23.2 Å². The van der Waals surface area contributed by atoms with Crippen LogP contribution in [0.15, 0.2) is 76.3 Å². The molecule has 1 atom stereocenters. The van der Waals surface area contributed by atoms with E-state index in [4.69, 9.17) is 0 Å². The predicted molar refractivity (Wildman–Crippen MR) is 107 cm³/mol. The van der Waals surface area contributed by atoms with E-state index in [1.54, 1.807) is 23.6 Å². The van der Waals surface area contributed by atoms with Crippen LogP contribution in [0.25, 0.3) is 0 Å². The Morgan fingerprint density at radius 2 is 1.68 bits per heavy atom. The molecular weight excluding hydrogens is 399 g/mol. The van der Waals surface area contributed by atoms with Crippen molar-refractivity contribution in [3.8, 4) is 0 Å². The predicted octanol–water partition coefficient (Wildman–Crippen LogP) is 3.09. The lowest BCUT2D eigenvalue weighted by atomic mass is 10.1. The van der Waals surface area contributed by atoms with Crippen molar-refractivity contribution in [1.82, 2.24) is 10.0 Å². The molecule has 1 amide bonds. The van der Waals surface area contributed by atoms with Gasteiger partial charge in [-0.25, -0.2) is 12.8 Å². The zero-order chi connectivity index (χ0) is 20.0. The van der Waals surface area contributed by atoms with E-state index in [2.05, 4.69) is 10.0 Å². The highest BCUT2D eigenvalue weighted by molar-refractivity contribution is 7.91. The van der Waals surface area contributed by atoms with Crippen molar-refractivity contribution in [3.05, 3.63) is 89.1 Å². The van der Waals surface area contributed by atoms with E-state index in [0.717, 1.165) is 16.9 Å². The first-order valence-electron chi connectivity index (χ1n) is 8.56. The minimum Gasteiger partial charge on any atom is -0.351 e. The molecule has 1 heterocycles. The lowest BCUT2D eigenvalue weighted by Crippen LogP contribution is -2.47. The molecule has 28 heavy (non-hydrogen) atoms. The van der Waals surface area contributed by atoms with Crippen molar-refractivity contribution in [2.24, 2.45) is 0 Å². The first-order chi connectivity index (χ1) is 13.4. The molecule has 0 radical (unpaired) electrons. The standard InChI is InChI=1S/C20H19FN2O3S2/c21-17-10-8-16(9-11-17)14-22-20(24)18(13-15-5-2-1-3-6-15)23-28(25,26)19-7-4-12-27-19/h1-12,18,23H,13-14H2,(H,22,24)/t18-/m1/s1. The minimum atomic E-state index is -3.81. The van der Waals surface area contributed by atoms with Crippen molar-refractivity contribution >= 4 is 27.3 Å². The molecule has 3 aromatic rings. The number of nitrogens with one attached hydrogen (secondary N) is 2. The maximum atomic E-state index is 13.0. The van der Waals surface area contributed by atoms with Gasteiger partial charge in [0, 0.05) is 6.54 Å². The Hall–Kier alpha value is -2.55. The molecule has 8 heteroatoms. The molecule has 0 saturated carbocycles. The Labute approximate surface area is 167 Å². The zero-order valence-electron chi connectivity index (χ0n) is 14.8. The van der Waals surface area contributed by atoms with Gasteiger partial charge in [0.05, 0.1) is 0 Å². The summed E-state index contributed by atoms with van der Waals surface area (Å²) in [5.41, 5.74) is 1.55. The summed E-state index contributed by atoms with van der Waals surface area (Å²) < 4.78 is 40.8. The fraction of sp³-hybridized carbons (Fsp3) is 0.150. The molecule has 0 unspecified atom stereocenters. The number of sulfonamides is 1. The zero-order valence-corrected chi connectivity index (χ0v) is 16.5. The summed E-state index contributed by atoms with van der Waals surface area (Å²) in [6.07, 6.45) is 0.209. The second-order valence-corrected chi connectivity index (χ2v) is 9.03. The van der Waals surface area contributed by atoms with E-state index < -0.39 is 22.0 Å². The van der Waals surface area contributed by atoms with Crippen LogP contribution in [0, 0.1) is 5.82 Å². The lowest BCUT2D eigenvalue weighted by molar-refractivity contribution is -0.122. The van der Waals surface area contributed by atoms with Gasteiger partial charge in [0.15, 0.2) is 0 Å². The highest BCUT2D eigenvalue weighted by Crippen LogP contribution is 2.17. The number of halogens is 1. The van der Waals surface area contributed by atoms with Gasteiger partial charge in [0.25, 0.3) is 10.0 Å². The molecule has 0 aliphatic carbocycles. The van der Waals surface area contributed by atoms with Gasteiger partial charge in [0.1, 0.15) is 16.1 Å². The molecule has 1 aromatic heterocycles. The third-order valence-electron chi connectivity index (χ3n) is 4.04. The fourth-order valence-electron chi connectivity index (χ4n) is 2.61. The number of carbonyl (C=O) groups is 1. The van der Waals surface area contributed by atoms with E-state index in [-0.39, 0.29) is 23.0 Å². The van der Waals surface area contributed by atoms with Gasteiger partial charge in [-0.05, 0) is 41.1 Å². The van der Waals surface area contributed by atoms with E-state index >= 15 is 0 Å². The van der Waals surface area contributed by atoms with Crippen LogP contribution in [0.5, 0.6) is 0 Å². The molecule has 146 valence electrons. The number of rotatable bonds is 8. The molecular formula is C20H19FN2O3S2. The molecule has 5 nitrogen and oxygen atoms in total. The lowest BCUT2D eigenvalue weighted by Gasteiger charge is -2.18. The molecule has 0 spiro atoms. The van der Waals surface area contributed by atoms with E-state index in [1.165, 1.54) is 18.2 Å². The van der Waals surface area contributed by atoms with Gasteiger partial charge in [-0.1, -0.05) is 48.5 Å². The molecule has 0 aliphatic rings. The second kappa shape index (κ2) is 9.09. The highest BCUT2D eigenvalue weighted by Gasteiger charge is 2.26. The normalized spacial score (nSPS) is 12.5. The molecule has 2 aromatic carbocycles. The average molecular weight is 419 g/mol. The summed E-state index contributed by atoms with van der Waals surface area (Å²) in [6.45, 7) is 0.172. The largest absolute Gasteiger partial charge is 0.351 e. The number of hydrogen-bond acceptors (Lipinski definition) is 4. The number of benzene rings is 2. The van der Waals surface area contributed by atoms with Gasteiger partial charge < -0.3 is 5.32 Å². The number of thiophene rings is 1. The summed E-state index contributed by atoms with van der Waals surface area (Å²) in [5.74, 6) is -0.811. The van der Waals surface area contributed by atoms with Crippen LogP contribution in [-0.2, 0) is 27.8 Å². The molecule has 0 aliphatic heterocycles. The molecule has 0 fully saturated rings.